The molecule has 0 aliphatic carbocycles. The molecule has 0 saturated heterocycles. The van der Waals surface area contributed by atoms with Gasteiger partial charge in [0.25, 0.3) is 0 Å². The summed E-state index contributed by atoms with van der Waals surface area (Å²) in [6.07, 6.45) is 3.79. The van der Waals surface area contributed by atoms with Crippen LogP contribution in [-0.2, 0) is 11.2 Å². The van der Waals surface area contributed by atoms with Crippen molar-refractivity contribution in [1.29, 1.82) is 0 Å². The van der Waals surface area contributed by atoms with E-state index in [1.54, 1.807) is 4.90 Å². The normalized spacial score (nSPS) is 12.6. The number of nitrogens with one attached hydrogen (secondary N) is 1. The van der Waals surface area contributed by atoms with E-state index in [0.29, 0.717) is 0 Å². The predicted molar refractivity (Wildman–Crippen MR) is 70.0 cm³/mol. The number of carbonyl (C=O) groups excluding carboxylic acids is 1. The summed E-state index contributed by atoms with van der Waals surface area (Å²) in [5.74, 6) is 0. The first kappa shape index (κ1) is 11.7. The number of aromatic nitrogens is 1. The molecule has 3 heteroatoms. The van der Waals surface area contributed by atoms with Gasteiger partial charge < -0.3 is 9.88 Å². The van der Waals surface area contributed by atoms with Crippen molar-refractivity contribution in [2.24, 2.45) is 0 Å². The van der Waals surface area contributed by atoms with Crippen LogP contribution in [0.1, 0.15) is 18.1 Å². The Morgan fingerprint density at radius 3 is 2.94 bits per heavy atom. The summed E-state index contributed by atoms with van der Waals surface area (Å²) in [7, 11) is 1.82. The standard InChI is InChI=1S/C14H18N2O/c1-10-4-5-13-12(8-15-14(13)6-10)7-11(2)16(3)9-17/h4-6,8-9,11,15H,7H2,1-3H3/t11-/m0/s1. The lowest BCUT2D eigenvalue weighted by Gasteiger charge is -2.19. The molecular formula is C14H18N2O. The number of aromatic amines is 1. The third-order valence-corrected chi connectivity index (χ3v) is 3.30. The molecule has 0 radical (unpaired) electrons. The van der Waals surface area contributed by atoms with Gasteiger partial charge in [0.15, 0.2) is 0 Å². The van der Waals surface area contributed by atoms with Crippen LogP contribution >= 0.6 is 0 Å². The van der Waals surface area contributed by atoms with Crippen LogP contribution < -0.4 is 0 Å². The number of aryl methyl sites for hydroxylation is 1. The number of benzene rings is 1. The SMILES string of the molecule is Cc1ccc2c(C[C@H](C)N(C)C=O)c[nH]c2c1. The number of hydrogen-bond donors (Lipinski definition) is 1. The van der Waals surface area contributed by atoms with Crippen molar-refractivity contribution in [2.75, 3.05) is 7.05 Å². The molecule has 1 atom stereocenters. The number of likely N-dealkylation sites (N-methyl/N-ethyl adjacent to an activating group) is 1. The third kappa shape index (κ3) is 2.33. The highest BCUT2D eigenvalue weighted by Crippen LogP contribution is 2.21. The fourth-order valence-electron chi connectivity index (χ4n) is 2.04. The monoisotopic (exact) mass is 230 g/mol. The van der Waals surface area contributed by atoms with Crippen molar-refractivity contribution in [1.82, 2.24) is 9.88 Å². The first-order chi connectivity index (χ1) is 8.11. The lowest BCUT2D eigenvalue weighted by Crippen LogP contribution is -2.29. The van der Waals surface area contributed by atoms with E-state index in [1.165, 1.54) is 22.0 Å². The molecule has 0 aliphatic rings. The van der Waals surface area contributed by atoms with Gasteiger partial charge in [0.05, 0.1) is 0 Å². The van der Waals surface area contributed by atoms with Gasteiger partial charge in [-0.15, -0.1) is 0 Å². The second-order valence-electron chi connectivity index (χ2n) is 4.69. The van der Waals surface area contributed by atoms with Crippen molar-refractivity contribution in [3.05, 3.63) is 35.5 Å². The van der Waals surface area contributed by atoms with Gasteiger partial charge >= 0.3 is 0 Å². The highest BCUT2D eigenvalue weighted by Gasteiger charge is 2.11. The molecule has 1 amide bonds. The topological polar surface area (TPSA) is 36.1 Å². The second-order valence-corrected chi connectivity index (χ2v) is 4.69. The fourth-order valence-corrected chi connectivity index (χ4v) is 2.04. The number of H-pyrrole nitrogens is 1. The highest BCUT2D eigenvalue weighted by atomic mass is 16.1. The van der Waals surface area contributed by atoms with Crippen molar-refractivity contribution in [2.45, 2.75) is 26.3 Å². The second kappa shape index (κ2) is 4.62. The van der Waals surface area contributed by atoms with Gasteiger partial charge in [-0.25, -0.2) is 0 Å². The average molecular weight is 230 g/mol. The minimum atomic E-state index is 0.216. The zero-order chi connectivity index (χ0) is 12.4. The highest BCUT2D eigenvalue weighted by molar-refractivity contribution is 5.83. The van der Waals surface area contributed by atoms with Gasteiger partial charge in [-0.3, -0.25) is 4.79 Å². The van der Waals surface area contributed by atoms with Gasteiger partial charge in [-0.2, -0.15) is 0 Å². The molecule has 3 nitrogen and oxygen atoms in total. The van der Waals surface area contributed by atoms with Crippen molar-refractivity contribution >= 4 is 17.3 Å². The maximum absolute atomic E-state index is 10.7. The van der Waals surface area contributed by atoms with E-state index in [1.807, 2.05) is 13.2 Å². The van der Waals surface area contributed by atoms with E-state index < -0.39 is 0 Å². The molecule has 1 heterocycles. The summed E-state index contributed by atoms with van der Waals surface area (Å²) in [6, 6.07) is 6.62. The Kier molecular flexibility index (Phi) is 3.18. The Hall–Kier alpha value is -1.77. The molecule has 1 aromatic heterocycles. The fraction of sp³-hybridized carbons (Fsp3) is 0.357. The lowest BCUT2D eigenvalue weighted by molar-refractivity contribution is -0.118. The number of carbonyl (C=O) groups is 1. The van der Waals surface area contributed by atoms with E-state index >= 15 is 0 Å². The van der Waals surface area contributed by atoms with Crippen LogP contribution in [0.2, 0.25) is 0 Å². The first-order valence-electron chi connectivity index (χ1n) is 5.85. The molecule has 0 saturated carbocycles. The number of fused-ring (bicyclic) bond motifs is 1. The summed E-state index contributed by atoms with van der Waals surface area (Å²) >= 11 is 0. The predicted octanol–water partition coefficient (Wildman–Crippen LogP) is 2.50. The quantitative estimate of drug-likeness (QED) is 0.805. The van der Waals surface area contributed by atoms with Crippen LogP contribution in [0.15, 0.2) is 24.4 Å². The van der Waals surface area contributed by atoms with E-state index in [0.717, 1.165) is 12.8 Å². The molecule has 2 rings (SSSR count). The molecule has 0 bridgehead atoms. The summed E-state index contributed by atoms with van der Waals surface area (Å²) < 4.78 is 0. The Morgan fingerprint density at radius 1 is 1.47 bits per heavy atom. The Labute approximate surface area is 101 Å². The third-order valence-electron chi connectivity index (χ3n) is 3.30. The van der Waals surface area contributed by atoms with Crippen molar-refractivity contribution in [3.8, 4) is 0 Å². The molecule has 0 unspecified atom stereocenters. The van der Waals surface area contributed by atoms with Crippen LogP contribution in [0.3, 0.4) is 0 Å². The summed E-state index contributed by atoms with van der Waals surface area (Å²) in [5, 5.41) is 1.25. The van der Waals surface area contributed by atoms with Gasteiger partial charge in [-0.1, -0.05) is 12.1 Å². The summed E-state index contributed by atoms with van der Waals surface area (Å²) in [5.41, 5.74) is 3.69. The first-order valence-corrected chi connectivity index (χ1v) is 5.85. The lowest BCUT2D eigenvalue weighted by atomic mass is 10.0. The van der Waals surface area contributed by atoms with Gasteiger partial charge in [0.1, 0.15) is 0 Å². The van der Waals surface area contributed by atoms with E-state index in [4.69, 9.17) is 0 Å². The van der Waals surface area contributed by atoms with Crippen molar-refractivity contribution < 1.29 is 4.79 Å². The van der Waals surface area contributed by atoms with Gasteiger partial charge in [0.2, 0.25) is 6.41 Å². The largest absolute Gasteiger partial charge is 0.361 e. The Morgan fingerprint density at radius 2 is 2.24 bits per heavy atom. The smallest absolute Gasteiger partial charge is 0.209 e. The minimum absolute atomic E-state index is 0.216. The number of hydrogen-bond acceptors (Lipinski definition) is 1. The average Bonchev–Trinajstić information content (AvgIpc) is 2.70. The number of rotatable bonds is 4. The maximum Gasteiger partial charge on any atom is 0.209 e. The zero-order valence-electron chi connectivity index (χ0n) is 10.5. The van der Waals surface area contributed by atoms with Crippen molar-refractivity contribution in [3.63, 3.8) is 0 Å². The van der Waals surface area contributed by atoms with Gasteiger partial charge in [-0.05, 0) is 37.5 Å². The van der Waals surface area contributed by atoms with E-state index in [9.17, 15) is 4.79 Å². The van der Waals surface area contributed by atoms with Crippen LogP contribution in [0, 0.1) is 6.92 Å². The van der Waals surface area contributed by atoms with Crippen LogP contribution in [0.5, 0.6) is 0 Å². The molecule has 2 aromatic rings. The number of nitrogens with zero attached hydrogens (tertiary/aromatic N) is 1. The molecule has 1 aromatic carbocycles. The molecule has 0 spiro atoms. The van der Waals surface area contributed by atoms with E-state index in [-0.39, 0.29) is 6.04 Å². The van der Waals surface area contributed by atoms with Crippen LogP contribution in [0.4, 0.5) is 0 Å². The molecule has 90 valence electrons. The maximum atomic E-state index is 10.7. The molecule has 1 N–H and O–H groups in total. The Bertz CT molecular complexity index is 530. The summed E-state index contributed by atoms with van der Waals surface area (Å²) in [4.78, 5) is 15.7. The van der Waals surface area contributed by atoms with Gasteiger partial charge in [0, 0.05) is 30.2 Å². The van der Waals surface area contributed by atoms with Crippen LogP contribution in [0.25, 0.3) is 10.9 Å². The summed E-state index contributed by atoms with van der Waals surface area (Å²) in [6.45, 7) is 4.14. The molecule has 17 heavy (non-hydrogen) atoms. The number of amides is 1. The Balaban J connectivity index is 2.27. The molecule has 0 fully saturated rings. The zero-order valence-corrected chi connectivity index (χ0v) is 10.5. The minimum Gasteiger partial charge on any atom is -0.361 e. The molecule has 0 aliphatic heterocycles. The molecular weight excluding hydrogens is 212 g/mol. The van der Waals surface area contributed by atoms with Crippen LogP contribution in [-0.4, -0.2) is 29.4 Å². The van der Waals surface area contributed by atoms with E-state index in [2.05, 4.69) is 37.0 Å².